The number of hydrogen-bond acceptors (Lipinski definition) is 2. The Kier molecular flexibility index (Phi) is 15.7. The quantitative estimate of drug-likeness (QED) is 0.187. The van der Waals surface area contributed by atoms with Gasteiger partial charge in [0.15, 0.2) is 0 Å². The van der Waals surface area contributed by atoms with Gasteiger partial charge in [-0.15, -0.1) is 0 Å². The van der Waals surface area contributed by atoms with Crippen LogP contribution < -0.4 is 0 Å². The number of unbranched alkanes of at least 4 members (excludes halogenated alkanes) is 14. The molecule has 0 radical (unpaired) electrons. The summed E-state index contributed by atoms with van der Waals surface area (Å²) >= 11 is 0. The summed E-state index contributed by atoms with van der Waals surface area (Å²) in [5, 5.41) is 0. The van der Waals surface area contributed by atoms with Gasteiger partial charge in [0.2, 0.25) is 0 Å². The number of benzene rings is 1. The lowest BCUT2D eigenvalue weighted by Crippen LogP contribution is -2.04. The van der Waals surface area contributed by atoms with E-state index in [1.807, 2.05) is 12.1 Å². The third kappa shape index (κ3) is 14.7. The van der Waals surface area contributed by atoms with E-state index in [0.29, 0.717) is 13.0 Å². The molecule has 0 atom stereocenters. The maximum absolute atomic E-state index is 11.8. The summed E-state index contributed by atoms with van der Waals surface area (Å²) in [5.41, 5.74) is 2.28. The lowest BCUT2D eigenvalue weighted by atomic mass is 10.0. The number of esters is 1. The van der Waals surface area contributed by atoms with Crippen LogP contribution in [0.25, 0.3) is 0 Å². The Hall–Kier alpha value is -1.31. The second kappa shape index (κ2) is 17.8. The Morgan fingerprint density at radius 2 is 1.25 bits per heavy atom. The maximum Gasteiger partial charge on any atom is 0.306 e. The zero-order valence-corrected chi connectivity index (χ0v) is 18.6. The first-order chi connectivity index (χ1) is 13.7. The highest BCUT2D eigenvalue weighted by molar-refractivity contribution is 5.69. The van der Waals surface area contributed by atoms with Crippen LogP contribution in [0.15, 0.2) is 24.3 Å². The van der Waals surface area contributed by atoms with Crippen LogP contribution >= 0.6 is 0 Å². The zero-order valence-electron chi connectivity index (χ0n) is 18.6. The second-order valence-electron chi connectivity index (χ2n) is 8.35. The van der Waals surface area contributed by atoms with Gasteiger partial charge in [-0.05, 0) is 18.9 Å². The van der Waals surface area contributed by atoms with E-state index in [4.69, 9.17) is 4.74 Å². The molecule has 0 aliphatic carbocycles. The number of aryl methyl sites for hydroxylation is 1. The summed E-state index contributed by atoms with van der Waals surface area (Å²) in [6, 6.07) is 8.14. The summed E-state index contributed by atoms with van der Waals surface area (Å²) < 4.78 is 5.36. The standard InChI is InChI=1S/C26H44O2/c1-3-4-5-6-7-8-9-10-11-12-13-14-15-16-17-21-26(27)28-23-25-20-18-19-24(2)22-25/h18-20,22H,3-17,21,23H2,1-2H3. The minimum Gasteiger partial charge on any atom is -0.461 e. The van der Waals surface area contributed by atoms with E-state index >= 15 is 0 Å². The Labute approximate surface area is 174 Å². The molecule has 0 aromatic heterocycles. The molecule has 0 N–H and O–H groups in total. The molecule has 0 amide bonds. The van der Waals surface area contributed by atoms with Crippen LogP contribution in [-0.2, 0) is 16.1 Å². The van der Waals surface area contributed by atoms with E-state index in [-0.39, 0.29) is 5.97 Å². The molecule has 2 heteroatoms. The van der Waals surface area contributed by atoms with Crippen molar-refractivity contribution in [3.8, 4) is 0 Å². The number of ether oxygens (including phenoxy) is 1. The predicted molar refractivity (Wildman–Crippen MR) is 121 cm³/mol. The fourth-order valence-corrected chi connectivity index (χ4v) is 3.68. The molecule has 0 saturated carbocycles. The highest BCUT2D eigenvalue weighted by atomic mass is 16.5. The number of carbonyl (C=O) groups excluding carboxylic acids is 1. The van der Waals surface area contributed by atoms with E-state index < -0.39 is 0 Å². The smallest absolute Gasteiger partial charge is 0.306 e. The van der Waals surface area contributed by atoms with E-state index in [0.717, 1.165) is 18.4 Å². The van der Waals surface area contributed by atoms with Gasteiger partial charge in [0.1, 0.15) is 6.61 Å². The van der Waals surface area contributed by atoms with Crippen molar-refractivity contribution >= 4 is 5.97 Å². The predicted octanol–water partition coefficient (Wildman–Crippen LogP) is 8.30. The van der Waals surface area contributed by atoms with Gasteiger partial charge in [-0.3, -0.25) is 4.79 Å². The van der Waals surface area contributed by atoms with Crippen molar-refractivity contribution in [3.05, 3.63) is 35.4 Å². The van der Waals surface area contributed by atoms with Gasteiger partial charge >= 0.3 is 5.97 Å². The van der Waals surface area contributed by atoms with Crippen molar-refractivity contribution in [2.45, 2.75) is 123 Å². The number of hydrogen-bond donors (Lipinski definition) is 0. The van der Waals surface area contributed by atoms with Gasteiger partial charge in [0.05, 0.1) is 0 Å². The van der Waals surface area contributed by atoms with Gasteiger partial charge in [0.25, 0.3) is 0 Å². The first-order valence-electron chi connectivity index (χ1n) is 11.9. The molecule has 0 aliphatic rings. The first-order valence-corrected chi connectivity index (χ1v) is 11.9. The minimum absolute atomic E-state index is 0.0591. The fraction of sp³-hybridized carbons (Fsp3) is 0.731. The first kappa shape index (κ1) is 24.7. The molecule has 28 heavy (non-hydrogen) atoms. The van der Waals surface area contributed by atoms with Crippen LogP contribution in [0.4, 0.5) is 0 Å². The lowest BCUT2D eigenvalue weighted by Gasteiger charge is -2.06. The van der Waals surface area contributed by atoms with Crippen LogP contribution in [0.1, 0.15) is 121 Å². The minimum atomic E-state index is -0.0591. The molecular formula is C26H44O2. The lowest BCUT2D eigenvalue weighted by molar-refractivity contribution is -0.145. The molecule has 0 fully saturated rings. The summed E-state index contributed by atoms with van der Waals surface area (Å²) in [7, 11) is 0. The summed E-state index contributed by atoms with van der Waals surface area (Å²) in [6.07, 6.45) is 20.7. The van der Waals surface area contributed by atoms with Gasteiger partial charge in [-0.2, -0.15) is 0 Å². The molecule has 0 aliphatic heterocycles. The van der Waals surface area contributed by atoms with Crippen LogP contribution in [-0.4, -0.2) is 5.97 Å². The van der Waals surface area contributed by atoms with Crippen molar-refractivity contribution in [1.82, 2.24) is 0 Å². The normalized spacial score (nSPS) is 10.9. The SMILES string of the molecule is CCCCCCCCCCCCCCCCCC(=O)OCc1cccc(C)c1. The molecular weight excluding hydrogens is 344 g/mol. The summed E-state index contributed by atoms with van der Waals surface area (Å²) in [6.45, 7) is 4.74. The topological polar surface area (TPSA) is 26.3 Å². The molecule has 1 aromatic rings. The number of rotatable bonds is 18. The van der Waals surface area contributed by atoms with Crippen LogP contribution in [0.5, 0.6) is 0 Å². The fourth-order valence-electron chi connectivity index (χ4n) is 3.68. The Morgan fingerprint density at radius 1 is 0.750 bits per heavy atom. The van der Waals surface area contributed by atoms with Crippen molar-refractivity contribution < 1.29 is 9.53 Å². The van der Waals surface area contributed by atoms with Gasteiger partial charge in [0, 0.05) is 6.42 Å². The Bertz CT molecular complexity index is 495. The third-order valence-electron chi connectivity index (χ3n) is 5.47. The summed E-state index contributed by atoms with van der Waals surface area (Å²) in [4.78, 5) is 11.8. The maximum atomic E-state index is 11.8. The number of carbonyl (C=O) groups is 1. The average Bonchev–Trinajstić information content (AvgIpc) is 2.69. The average molecular weight is 389 g/mol. The van der Waals surface area contributed by atoms with Crippen LogP contribution in [0, 0.1) is 6.92 Å². The van der Waals surface area contributed by atoms with Crippen molar-refractivity contribution in [1.29, 1.82) is 0 Å². The van der Waals surface area contributed by atoms with E-state index in [1.54, 1.807) is 0 Å². The monoisotopic (exact) mass is 388 g/mol. The highest BCUT2D eigenvalue weighted by Crippen LogP contribution is 2.14. The van der Waals surface area contributed by atoms with Gasteiger partial charge in [-0.1, -0.05) is 127 Å². The zero-order chi connectivity index (χ0) is 20.3. The molecule has 1 aromatic carbocycles. The van der Waals surface area contributed by atoms with E-state index in [9.17, 15) is 4.79 Å². The van der Waals surface area contributed by atoms with Gasteiger partial charge < -0.3 is 4.74 Å². The van der Waals surface area contributed by atoms with Crippen LogP contribution in [0.3, 0.4) is 0 Å². The van der Waals surface area contributed by atoms with Crippen molar-refractivity contribution in [2.24, 2.45) is 0 Å². The van der Waals surface area contributed by atoms with E-state index in [2.05, 4.69) is 26.0 Å². The molecule has 0 unspecified atom stereocenters. The molecule has 0 spiro atoms. The second-order valence-corrected chi connectivity index (χ2v) is 8.35. The largest absolute Gasteiger partial charge is 0.461 e. The highest BCUT2D eigenvalue weighted by Gasteiger charge is 2.03. The van der Waals surface area contributed by atoms with Crippen molar-refractivity contribution in [2.75, 3.05) is 0 Å². The molecule has 0 heterocycles. The van der Waals surface area contributed by atoms with Gasteiger partial charge in [-0.25, -0.2) is 0 Å². The van der Waals surface area contributed by atoms with Crippen LogP contribution in [0.2, 0.25) is 0 Å². The van der Waals surface area contributed by atoms with Crippen molar-refractivity contribution in [3.63, 3.8) is 0 Å². The third-order valence-corrected chi connectivity index (χ3v) is 5.47. The molecule has 160 valence electrons. The molecule has 0 bridgehead atoms. The molecule has 1 rings (SSSR count). The summed E-state index contributed by atoms with van der Waals surface area (Å²) in [5.74, 6) is -0.0591. The Morgan fingerprint density at radius 3 is 1.75 bits per heavy atom. The Balaban J connectivity index is 1.80. The molecule has 0 saturated heterocycles. The van der Waals surface area contributed by atoms with E-state index in [1.165, 1.54) is 89.0 Å². The molecule has 2 nitrogen and oxygen atoms in total.